The Kier molecular flexibility index (Phi) is 3.89. The summed E-state index contributed by atoms with van der Waals surface area (Å²) in [4.78, 5) is 13.2. The van der Waals surface area contributed by atoms with Gasteiger partial charge in [-0.05, 0) is 37.0 Å². The summed E-state index contributed by atoms with van der Waals surface area (Å²) < 4.78 is 9.61. The van der Waals surface area contributed by atoms with E-state index in [2.05, 4.69) is 15.8 Å². The molecule has 110 valence electrons. The Balaban J connectivity index is 1.82. The van der Waals surface area contributed by atoms with Gasteiger partial charge in [-0.25, -0.2) is 4.79 Å². The highest BCUT2D eigenvalue weighted by molar-refractivity contribution is 7.80. The molecule has 8 heteroatoms. The van der Waals surface area contributed by atoms with Crippen LogP contribution in [-0.2, 0) is 17.6 Å². The molecule has 0 radical (unpaired) electrons. The molecule has 3 rings (SSSR count). The van der Waals surface area contributed by atoms with Crippen LogP contribution in [0.25, 0.3) is 0 Å². The number of fused-ring (bicyclic) bond motifs is 1. The lowest BCUT2D eigenvalue weighted by molar-refractivity contribution is 0.0601. The fourth-order valence-corrected chi connectivity index (χ4v) is 3.89. The lowest BCUT2D eigenvalue weighted by atomic mass is 10.1. The average Bonchev–Trinajstić information content (AvgIpc) is 3.14. The first-order valence-corrected chi connectivity index (χ1v) is 7.62. The number of thiocarbonyl (C=S) groups is 1. The van der Waals surface area contributed by atoms with Gasteiger partial charge in [0, 0.05) is 10.9 Å². The van der Waals surface area contributed by atoms with E-state index in [1.165, 1.54) is 18.3 Å². The van der Waals surface area contributed by atoms with Gasteiger partial charge >= 0.3 is 5.97 Å². The molecule has 0 bridgehead atoms. The van der Waals surface area contributed by atoms with E-state index < -0.39 is 0 Å². The van der Waals surface area contributed by atoms with Gasteiger partial charge < -0.3 is 19.9 Å². The maximum atomic E-state index is 12.0. The zero-order chi connectivity index (χ0) is 14.8. The molecule has 2 heterocycles. The van der Waals surface area contributed by atoms with Crippen molar-refractivity contribution in [1.29, 1.82) is 0 Å². The molecule has 0 fully saturated rings. The zero-order valence-corrected chi connectivity index (χ0v) is 12.9. The Morgan fingerprint density at radius 3 is 3.05 bits per heavy atom. The number of esters is 1. The van der Waals surface area contributed by atoms with Gasteiger partial charge in [0.15, 0.2) is 10.9 Å². The number of nitrogens with zero attached hydrogens (tertiary/aromatic N) is 1. The lowest BCUT2D eigenvalue weighted by Gasteiger charge is -2.09. The molecular formula is C13H13N3O3S2. The fourth-order valence-electron chi connectivity index (χ4n) is 2.34. The summed E-state index contributed by atoms with van der Waals surface area (Å²) in [6, 6.07) is 1.66. The second-order valence-corrected chi connectivity index (χ2v) is 6.03. The summed E-state index contributed by atoms with van der Waals surface area (Å²) >= 11 is 6.77. The number of aryl methyl sites for hydroxylation is 1. The first-order chi connectivity index (χ1) is 10.2. The third-order valence-electron chi connectivity index (χ3n) is 3.22. The first-order valence-electron chi connectivity index (χ1n) is 6.40. The summed E-state index contributed by atoms with van der Waals surface area (Å²) in [7, 11) is 1.39. The molecule has 1 aliphatic rings. The highest BCUT2D eigenvalue weighted by Gasteiger charge is 2.27. The molecule has 0 aromatic carbocycles. The monoisotopic (exact) mass is 323 g/mol. The standard InChI is InChI=1S/C13H13N3O3S2/c1-18-12(17)10-7-3-2-4-8(7)21-11(10)15-13(20)14-9-5-6-19-16-9/h5-6H,2-4H2,1H3,(H2,14,15,16,20). The summed E-state index contributed by atoms with van der Waals surface area (Å²) in [6.45, 7) is 0. The maximum Gasteiger partial charge on any atom is 0.341 e. The minimum absolute atomic E-state index is 0.332. The van der Waals surface area contributed by atoms with Crippen molar-refractivity contribution in [1.82, 2.24) is 5.16 Å². The largest absolute Gasteiger partial charge is 0.465 e. The van der Waals surface area contributed by atoms with Gasteiger partial charge in [0.2, 0.25) is 0 Å². The van der Waals surface area contributed by atoms with Crippen LogP contribution in [0.1, 0.15) is 27.2 Å². The molecule has 0 saturated heterocycles. The minimum atomic E-state index is -0.332. The zero-order valence-electron chi connectivity index (χ0n) is 11.3. The molecule has 21 heavy (non-hydrogen) atoms. The van der Waals surface area contributed by atoms with Crippen LogP contribution in [-0.4, -0.2) is 23.3 Å². The minimum Gasteiger partial charge on any atom is -0.465 e. The number of carbonyl (C=O) groups is 1. The van der Waals surface area contributed by atoms with Gasteiger partial charge in [0.1, 0.15) is 11.3 Å². The molecule has 0 aliphatic heterocycles. The van der Waals surface area contributed by atoms with Gasteiger partial charge in [0.25, 0.3) is 0 Å². The van der Waals surface area contributed by atoms with Crippen LogP contribution in [0.3, 0.4) is 0 Å². The van der Waals surface area contributed by atoms with Crippen molar-refractivity contribution in [3.8, 4) is 0 Å². The van der Waals surface area contributed by atoms with Crippen molar-refractivity contribution in [2.45, 2.75) is 19.3 Å². The summed E-state index contributed by atoms with van der Waals surface area (Å²) in [5.74, 6) is 0.178. The number of nitrogens with one attached hydrogen (secondary N) is 2. The molecule has 2 N–H and O–H groups in total. The molecular weight excluding hydrogens is 310 g/mol. The number of ether oxygens (including phenoxy) is 1. The molecule has 2 aromatic heterocycles. The normalized spacial score (nSPS) is 12.8. The molecule has 0 unspecified atom stereocenters. The Labute approximate surface area is 130 Å². The number of carbonyl (C=O) groups excluding carboxylic acids is 1. The van der Waals surface area contributed by atoms with E-state index in [1.54, 1.807) is 17.4 Å². The summed E-state index contributed by atoms with van der Waals surface area (Å²) in [5, 5.41) is 10.7. The molecule has 0 saturated carbocycles. The number of rotatable bonds is 3. The van der Waals surface area contributed by atoms with E-state index >= 15 is 0 Å². The molecule has 1 aliphatic carbocycles. The Bertz CT molecular complexity index is 679. The van der Waals surface area contributed by atoms with Crippen molar-refractivity contribution in [2.75, 3.05) is 17.7 Å². The van der Waals surface area contributed by atoms with E-state index in [1.807, 2.05) is 0 Å². The number of thiophene rings is 1. The Morgan fingerprint density at radius 1 is 1.48 bits per heavy atom. The van der Waals surface area contributed by atoms with Crippen LogP contribution in [0, 0.1) is 0 Å². The second kappa shape index (κ2) is 5.82. The van der Waals surface area contributed by atoms with E-state index in [9.17, 15) is 4.79 Å². The van der Waals surface area contributed by atoms with E-state index in [4.69, 9.17) is 21.5 Å². The first kappa shape index (κ1) is 14.0. The molecule has 0 spiro atoms. The van der Waals surface area contributed by atoms with Crippen molar-refractivity contribution in [2.24, 2.45) is 0 Å². The molecule has 0 atom stereocenters. The predicted octanol–water partition coefficient (Wildman–Crippen LogP) is 2.82. The highest BCUT2D eigenvalue weighted by atomic mass is 32.1. The number of methoxy groups -OCH3 is 1. The van der Waals surface area contributed by atoms with Crippen LogP contribution >= 0.6 is 23.6 Å². The highest BCUT2D eigenvalue weighted by Crippen LogP contribution is 2.39. The Morgan fingerprint density at radius 2 is 2.33 bits per heavy atom. The SMILES string of the molecule is COC(=O)c1c(NC(=S)Nc2ccon2)sc2c1CCC2. The third kappa shape index (κ3) is 2.77. The number of hydrogen-bond donors (Lipinski definition) is 2. The lowest BCUT2D eigenvalue weighted by Crippen LogP contribution is -2.20. The smallest absolute Gasteiger partial charge is 0.341 e. The van der Waals surface area contributed by atoms with Crippen molar-refractivity contribution < 1.29 is 14.1 Å². The summed E-state index contributed by atoms with van der Waals surface area (Å²) in [6.07, 6.45) is 4.42. The van der Waals surface area contributed by atoms with Crippen LogP contribution in [0.2, 0.25) is 0 Å². The van der Waals surface area contributed by atoms with Crippen LogP contribution in [0.4, 0.5) is 10.8 Å². The quantitative estimate of drug-likeness (QED) is 0.664. The van der Waals surface area contributed by atoms with Crippen LogP contribution in [0.15, 0.2) is 16.9 Å². The third-order valence-corrected chi connectivity index (χ3v) is 4.63. The van der Waals surface area contributed by atoms with Crippen LogP contribution in [0.5, 0.6) is 0 Å². The van der Waals surface area contributed by atoms with Gasteiger partial charge in [-0.2, -0.15) is 0 Å². The molecule has 0 amide bonds. The number of aromatic nitrogens is 1. The van der Waals surface area contributed by atoms with Gasteiger partial charge in [-0.15, -0.1) is 11.3 Å². The maximum absolute atomic E-state index is 12.0. The van der Waals surface area contributed by atoms with Gasteiger partial charge in [-0.1, -0.05) is 5.16 Å². The van der Waals surface area contributed by atoms with Crippen LogP contribution < -0.4 is 10.6 Å². The van der Waals surface area contributed by atoms with Crippen molar-refractivity contribution >= 4 is 45.5 Å². The van der Waals surface area contributed by atoms with E-state index in [-0.39, 0.29) is 5.97 Å². The van der Waals surface area contributed by atoms with E-state index in [0.717, 1.165) is 24.8 Å². The van der Waals surface area contributed by atoms with Crippen molar-refractivity contribution in [3.05, 3.63) is 28.3 Å². The predicted molar refractivity (Wildman–Crippen MR) is 84.0 cm³/mol. The summed E-state index contributed by atoms with van der Waals surface area (Å²) in [5.41, 5.74) is 1.68. The fraction of sp³-hybridized carbons (Fsp3) is 0.308. The van der Waals surface area contributed by atoms with Gasteiger partial charge in [-0.3, -0.25) is 0 Å². The average molecular weight is 323 g/mol. The number of hydrogen-bond acceptors (Lipinski definition) is 6. The second-order valence-electron chi connectivity index (χ2n) is 4.52. The topological polar surface area (TPSA) is 76.4 Å². The van der Waals surface area contributed by atoms with E-state index in [0.29, 0.717) is 21.5 Å². The Hall–Kier alpha value is -1.93. The van der Waals surface area contributed by atoms with Gasteiger partial charge in [0.05, 0.1) is 12.7 Å². The molecule has 6 nitrogen and oxygen atoms in total. The van der Waals surface area contributed by atoms with Crippen molar-refractivity contribution in [3.63, 3.8) is 0 Å². The number of anilines is 2. The molecule has 2 aromatic rings.